The van der Waals surface area contributed by atoms with Gasteiger partial charge in [0, 0.05) is 51.3 Å². The van der Waals surface area contributed by atoms with Gasteiger partial charge in [-0.1, -0.05) is 19.6 Å². The van der Waals surface area contributed by atoms with Gasteiger partial charge >= 0.3 is 0 Å². The molecular formula is C25H30N6O. The van der Waals surface area contributed by atoms with Crippen LogP contribution in [0.4, 0.5) is 5.82 Å². The topological polar surface area (TPSA) is 80.6 Å². The molecule has 0 radical (unpaired) electrons. The summed E-state index contributed by atoms with van der Waals surface area (Å²) < 4.78 is 7.51. The van der Waals surface area contributed by atoms with E-state index in [-0.39, 0.29) is 13.3 Å². The first-order valence-electron chi connectivity index (χ1n) is 11.0. The molecule has 0 amide bonds. The molecule has 0 spiro atoms. The minimum absolute atomic E-state index is 0. The Balaban J connectivity index is 0.00000245. The number of methoxy groups -OCH3 is 1. The van der Waals surface area contributed by atoms with Crippen molar-refractivity contribution in [3.63, 3.8) is 0 Å². The molecule has 7 heteroatoms. The van der Waals surface area contributed by atoms with Gasteiger partial charge in [0.15, 0.2) is 5.65 Å². The van der Waals surface area contributed by atoms with Gasteiger partial charge in [-0.15, -0.1) is 0 Å². The fourth-order valence-corrected chi connectivity index (χ4v) is 5.06. The fourth-order valence-electron chi connectivity index (χ4n) is 5.06. The summed E-state index contributed by atoms with van der Waals surface area (Å²) in [6, 6.07) is 13.0. The quantitative estimate of drug-likeness (QED) is 0.627. The first-order valence-corrected chi connectivity index (χ1v) is 11.0. The highest BCUT2D eigenvalue weighted by molar-refractivity contribution is 5.86. The Morgan fingerprint density at radius 3 is 2.62 bits per heavy atom. The van der Waals surface area contributed by atoms with Gasteiger partial charge in [-0.25, -0.2) is 4.98 Å². The first kappa shape index (κ1) is 22.1. The van der Waals surface area contributed by atoms with E-state index in [9.17, 15) is 10.5 Å². The summed E-state index contributed by atoms with van der Waals surface area (Å²) in [5, 5.41) is 19.5. The first-order chi connectivity index (χ1) is 15.2. The van der Waals surface area contributed by atoms with Crippen molar-refractivity contribution in [1.82, 2.24) is 14.3 Å². The smallest absolute Gasteiger partial charge is 0.157 e. The van der Waals surface area contributed by atoms with Crippen LogP contribution in [-0.4, -0.2) is 54.2 Å². The van der Waals surface area contributed by atoms with Crippen molar-refractivity contribution >= 4 is 22.5 Å². The van der Waals surface area contributed by atoms with E-state index in [0.29, 0.717) is 12.2 Å². The number of hydrogen-bond acceptors (Lipinski definition) is 6. The average Bonchev–Trinajstić information content (AvgIpc) is 3.20. The molecule has 1 aromatic carbocycles. The lowest BCUT2D eigenvalue weighted by atomic mass is 9.93. The molecule has 2 aromatic heterocycles. The van der Waals surface area contributed by atoms with Crippen molar-refractivity contribution in [3.8, 4) is 12.1 Å². The molecule has 1 fully saturated rings. The van der Waals surface area contributed by atoms with E-state index in [1.807, 2.05) is 18.2 Å². The number of anilines is 1. The van der Waals surface area contributed by atoms with Gasteiger partial charge in [-0.2, -0.15) is 10.5 Å². The average molecular weight is 431 g/mol. The maximum Gasteiger partial charge on any atom is 0.157 e. The van der Waals surface area contributed by atoms with E-state index in [4.69, 9.17) is 9.72 Å². The molecule has 4 heterocycles. The zero-order valence-electron chi connectivity index (χ0n) is 17.8. The lowest BCUT2D eigenvalue weighted by Gasteiger charge is -2.37. The largest absolute Gasteiger partial charge is 0.383 e. The highest BCUT2D eigenvalue weighted by atomic mass is 16.5. The lowest BCUT2D eigenvalue weighted by molar-refractivity contribution is 0.140. The van der Waals surface area contributed by atoms with Gasteiger partial charge in [0.2, 0.25) is 0 Å². The van der Waals surface area contributed by atoms with Crippen molar-refractivity contribution in [1.29, 1.82) is 10.5 Å². The summed E-state index contributed by atoms with van der Waals surface area (Å²) >= 11 is 0. The molecule has 2 aliphatic rings. The van der Waals surface area contributed by atoms with Gasteiger partial charge in [-0.05, 0) is 37.0 Å². The third-order valence-electron chi connectivity index (χ3n) is 6.69. The van der Waals surface area contributed by atoms with Gasteiger partial charge in [0.1, 0.15) is 11.9 Å². The molecular weight excluding hydrogens is 400 g/mol. The Labute approximate surface area is 189 Å². The molecule has 0 unspecified atom stereocenters. The molecule has 5 rings (SSSR count). The van der Waals surface area contributed by atoms with Crippen LogP contribution in [0.15, 0.2) is 24.3 Å². The van der Waals surface area contributed by atoms with Crippen molar-refractivity contribution in [2.45, 2.75) is 33.2 Å². The summed E-state index contributed by atoms with van der Waals surface area (Å²) in [5.74, 6) is 1.27. The minimum atomic E-state index is 0. The molecule has 0 atom stereocenters. The maximum atomic E-state index is 10.1. The number of aromatic nitrogens is 2. The van der Waals surface area contributed by atoms with Crippen LogP contribution in [0.2, 0.25) is 0 Å². The SMILES string of the molecule is C.COCCN1CCc2c(c(N3CCC(C#N)CC3)n3c(nc4ccccc43)c2C#N)C1. The van der Waals surface area contributed by atoms with Crippen LogP contribution in [0.25, 0.3) is 16.7 Å². The fraction of sp³-hybridized carbons (Fsp3) is 0.480. The Bertz CT molecular complexity index is 1210. The second-order valence-corrected chi connectivity index (χ2v) is 8.44. The number of benzene rings is 1. The van der Waals surface area contributed by atoms with Gasteiger partial charge in [-0.3, -0.25) is 9.30 Å². The van der Waals surface area contributed by atoms with Crippen LogP contribution in [0.1, 0.15) is 37.0 Å². The van der Waals surface area contributed by atoms with Gasteiger partial charge < -0.3 is 9.64 Å². The zero-order valence-corrected chi connectivity index (χ0v) is 17.8. The second kappa shape index (κ2) is 9.16. The number of fused-ring (bicyclic) bond motifs is 4. The van der Waals surface area contributed by atoms with Crippen LogP contribution >= 0.6 is 0 Å². The predicted molar refractivity (Wildman–Crippen MR) is 126 cm³/mol. The summed E-state index contributed by atoms with van der Waals surface area (Å²) in [4.78, 5) is 9.69. The third-order valence-corrected chi connectivity index (χ3v) is 6.69. The normalized spacial score (nSPS) is 17.0. The van der Waals surface area contributed by atoms with E-state index in [0.717, 1.165) is 80.0 Å². The number of piperidine rings is 1. The Hall–Kier alpha value is -3.13. The van der Waals surface area contributed by atoms with Crippen molar-refractivity contribution < 1.29 is 4.74 Å². The van der Waals surface area contributed by atoms with Crippen molar-refractivity contribution in [3.05, 3.63) is 41.0 Å². The lowest BCUT2D eigenvalue weighted by Crippen LogP contribution is -2.39. The number of imidazole rings is 1. The Morgan fingerprint density at radius 1 is 1.12 bits per heavy atom. The number of nitriles is 2. The van der Waals surface area contributed by atoms with Gasteiger partial charge in [0.05, 0.1) is 29.3 Å². The maximum absolute atomic E-state index is 10.1. The number of hydrogen-bond donors (Lipinski definition) is 0. The predicted octanol–water partition coefficient (Wildman–Crippen LogP) is 3.74. The number of para-hydroxylation sites is 2. The molecule has 32 heavy (non-hydrogen) atoms. The molecule has 0 N–H and O–H groups in total. The van der Waals surface area contributed by atoms with E-state index >= 15 is 0 Å². The summed E-state index contributed by atoms with van der Waals surface area (Å²) in [6.45, 7) is 4.96. The Morgan fingerprint density at radius 2 is 1.91 bits per heavy atom. The third kappa shape index (κ3) is 3.58. The van der Waals surface area contributed by atoms with Crippen LogP contribution in [-0.2, 0) is 17.7 Å². The number of rotatable bonds is 4. The zero-order chi connectivity index (χ0) is 21.4. The molecule has 0 bridgehead atoms. The molecule has 0 aliphatic carbocycles. The molecule has 166 valence electrons. The molecule has 1 saturated heterocycles. The van der Waals surface area contributed by atoms with Crippen LogP contribution in [0, 0.1) is 28.6 Å². The van der Waals surface area contributed by atoms with E-state index < -0.39 is 0 Å². The standard InChI is InChI=1S/C24H26N6O.CH4/c1-31-13-12-28-9-8-18-19(15-26)23-27-21-4-2-3-5-22(21)30(23)24(20(18)16-28)29-10-6-17(14-25)7-11-29;/h2-5,17H,6-13,16H2,1H3;1H4. The van der Waals surface area contributed by atoms with Crippen LogP contribution < -0.4 is 4.90 Å². The van der Waals surface area contributed by atoms with Crippen molar-refractivity contribution in [2.75, 3.05) is 44.8 Å². The number of pyridine rings is 1. The monoisotopic (exact) mass is 430 g/mol. The Kier molecular flexibility index (Phi) is 6.32. The van der Waals surface area contributed by atoms with Crippen LogP contribution in [0.5, 0.6) is 0 Å². The van der Waals surface area contributed by atoms with E-state index in [1.54, 1.807) is 7.11 Å². The summed E-state index contributed by atoms with van der Waals surface area (Å²) in [5.41, 5.74) is 5.76. The molecule has 0 saturated carbocycles. The summed E-state index contributed by atoms with van der Waals surface area (Å²) in [7, 11) is 1.73. The number of ether oxygens (including phenoxy) is 1. The van der Waals surface area contributed by atoms with E-state index in [2.05, 4.69) is 32.4 Å². The van der Waals surface area contributed by atoms with Crippen LogP contribution in [0.3, 0.4) is 0 Å². The molecule has 3 aromatic rings. The summed E-state index contributed by atoms with van der Waals surface area (Å²) in [6.07, 6.45) is 2.57. The second-order valence-electron chi connectivity index (χ2n) is 8.44. The van der Waals surface area contributed by atoms with Crippen molar-refractivity contribution in [2.24, 2.45) is 5.92 Å². The molecule has 2 aliphatic heterocycles. The molecule has 7 nitrogen and oxygen atoms in total. The van der Waals surface area contributed by atoms with Gasteiger partial charge in [0.25, 0.3) is 0 Å². The minimum Gasteiger partial charge on any atom is -0.383 e. The van der Waals surface area contributed by atoms with E-state index in [1.165, 1.54) is 5.56 Å². The highest BCUT2D eigenvalue weighted by Crippen LogP contribution is 2.37. The number of nitrogens with zero attached hydrogens (tertiary/aromatic N) is 6. The highest BCUT2D eigenvalue weighted by Gasteiger charge is 2.31.